The van der Waals surface area contributed by atoms with E-state index < -0.39 is 18.3 Å². The van der Waals surface area contributed by atoms with Crippen molar-refractivity contribution in [2.45, 2.75) is 45.8 Å². The van der Waals surface area contributed by atoms with Crippen LogP contribution in [0.3, 0.4) is 0 Å². The highest BCUT2D eigenvalue weighted by molar-refractivity contribution is 6.63. The molecule has 0 amide bonds. The molecule has 1 saturated heterocycles. The minimum Gasteiger partial charge on any atom is -0.468 e. The third kappa shape index (κ3) is 3.45. The van der Waals surface area contributed by atoms with Gasteiger partial charge < -0.3 is 23.3 Å². The molecule has 2 aromatic rings. The maximum absolute atomic E-state index is 6.16. The molecule has 1 aliphatic rings. The Morgan fingerprint density at radius 3 is 2.40 bits per heavy atom. The SMILES string of the molecule is COCOc1cc(-n2cnc(C)c2)ccc1B1OC(C)(C)C(C)(C)O1. The van der Waals surface area contributed by atoms with E-state index in [1.807, 2.05) is 63.6 Å². The lowest BCUT2D eigenvalue weighted by Crippen LogP contribution is -2.41. The third-order valence-corrected chi connectivity index (χ3v) is 4.85. The van der Waals surface area contributed by atoms with Crippen LogP contribution >= 0.6 is 0 Å². The third-order valence-electron chi connectivity index (χ3n) is 4.85. The summed E-state index contributed by atoms with van der Waals surface area (Å²) in [5, 5.41) is 0. The van der Waals surface area contributed by atoms with Gasteiger partial charge in [-0.2, -0.15) is 0 Å². The van der Waals surface area contributed by atoms with Crippen molar-refractivity contribution in [1.29, 1.82) is 0 Å². The molecule has 3 rings (SSSR count). The molecular weight excluding hydrogens is 319 g/mol. The van der Waals surface area contributed by atoms with Gasteiger partial charge in [-0.3, -0.25) is 0 Å². The van der Waals surface area contributed by atoms with Crippen LogP contribution in [0.2, 0.25) is 0 Å². The van der Waals surface area contributed by atoms with Crippen molar-refractivity contribution < 1.29 is 18.8 Å². The first-order valence-electron chi connectivity index (χ1n) is 8.36. The molecule has 0 radical (unpaired) electrons. The maximum Gasteiger partial charge on any atom is 0.498 e. The number of methoxy groups -OCH3 is 1. The predicted molar refractivity (Wildman–Crippen MR) is 96.5 cm³/mol. The number of ether oxygens (including phenoxy) is 2. The van der Waals surface area contributed by atoms with Crippen LogP contribution in [-0.4, -0.2) is 41.8 Å². The van der Waals surface area contributed by atoms with E-state index in [2.05, 4.69) is 4.98 Å². The summed E-state index contributed by atoms with van der Waals surface area (Å²) in [7, 11) is 1.10. The second kappa shape index (κ2) is 6.48. The van der Waals surface area contributed by atoms with Gasteiger partial charge in [0.25, 0.3) is 0 Å². The lowest BCUT2D eigenvalue weighted by molar-refractivity contribution is 0.00578. The van der Waals surface area contributed by atoms with Gasteiger partial charge in [-0.1, -0.05) is 6.07 Å². The molecule has 0 N–H and O–H groups in total. The minimum atomic E-state index is -0.490. The Balaban J connectivity index is 1.96. The molecule has 0 saturated carbocycles. The highest BCUT2D eigenvalue weighted by Gasteiger charge is 2.52. The van der Waals surface area contributed by atoms with Gasteiger partial charge in [0.2, 0.25) is 0 Å². The molecule has 1 aromatic heterocycles. The van der Waals surface area contributed by atoms with Gasteiger partial charge in [-0.15, -0.1) is 0 Å². The number of hydrogen-bond donors (Lipinski definition) is 0. The van der Waals surface area contributed by atoms with Gasteiger partial charge in [0.15, 0.2) is 6.79 Å². The lowest BCUT2D eigenvalue weighted by atomic mass is 9.78. The van der Waals surface area contributed by atoms with Crippen molar-refractivity contribution in [3.05, 3.63) is 36.4 Å². The van der Waals surface area contributed by atoms with Gasteiger partial charge in [0, 0.05) is 24.8 Å². The quantitative estimate of drug-likeness (QED) is 0.616. The Morgan fingerprint density at radius 2 is 1.84 bits per heavy atom. The van der Waals surface area contributed by atoms with Crippen molar-refractivity contribution in [3.8, 4) is 11.4 Å². The van der Waals surface area contributed by atoms with E-state index in [0.29, 0.717) is 5.75 Å². The number of nitrogens with zero attached hydrogens (tertiary/aromatic N) is 2. The summed E-state index contributed by atoms with van der Waals surface area (Å²) in [6.07, 6.45) is 3.74. The van der Waals surface area contributed by atoms with Crippen molar-refractivity contribution in [3.63, 3.8) is 0 Å². The fourth-order valence-corrected chi connectivity index (χ4v) is 2.66. The Hall–Kier alpha value is -1.83. The van der Waals surface area contributed by atoms with Crippen LogP contribution in [-0.2, 0) is 14.0 Å². The van der Waals surface area contributed by atoms with Crippen LogP contribution < -0.4 is 10.2 Å². The van der Waals surface area contributed by atoms with E-state index >= 15 is 0 Å². The van der Waals surface area contributed by atoms with Gasteiger partial charge in [0.05, 0.1) is 28.9 Å². The summed E-state index contributed by atoms with van der Waals surface area (Å²) in [6, 6.07) is 5.92. The number of aromatic nitrogens is 2. The van der Waals surface area contributed by atoms with Crippen LogP contribution in [0.1, 0.15) is 33.4 Å². The zero-order chi connectivity index (χ0) is 18.2. The lowest BCUT2D eigenvalue weighted by Gasteiger charge is -2.32. The zero-order valence-corrected chi connectivity index (χ0v) is 15.7. The molecule has 0 atom stereocenters. The van der Waals surface area contributed by atoms with Crippen molar-refractivity contribution in [2.24, 2.45) is 0 Å². The molecule has 25 heavy (non-hydrogen) atoms. The van der Waals surface area contributed by atoms with Gasteiger partial charge in [0.1, 0.15) is 5.75 Å². The van der Waals surface area contributed by atoms with E-state index in [0.717, 1.165) is 16.8 Å². The number of rotatable bonds is 5. The summed E-state index contributed by atoms with van der Waals surface area (Å²) >= 11 is 0. The first-order valence-corrected chi connectivity index (χ1v) is 8.36. The first-order chi connectivity index (χ1) is 11.7. The molecular formula is C18H25BN2O4. The first kappa shape index (κ1) is 18.0. The smallest absolute Gasteiger partial charge is 0.468 e. The molecule has 1 aromatic carbocycles. The number of hydrogen-bond acceptors (Lipinski definition) is 5. The minimum absolute atomic E-state index is 0.152. The van der Waals surface area contributed by atoms with E-state index in [1.54, 1.807) is 13.4 Å². The highest BCUT2D eigenvalue weighted by Crippen LogP contribution is 2.37. The number of aryl methyl sites for hydroxylation is 1. The Morgan fingerprint density at radius 1 is 1.16 bits per heavy atom. The average molecular weight is 344 g/mol. The molecule has 0 unspecified atom stereocenters. The van der Waals surface area contributed by atoms with Gasteiger partial charge in [-0.25, -0.2) is 4.98 Å². The molecule has 7 heteroatoms. The van der Waals surface area contributed by atoms with Crippen molar-refractivity contribution in [1.82, 2.24) is 9.55 Å². The molecule has 6 nitrogen and oxygen atoms in total. The average Bonchev–Trinajstić information content (AvgIpc) is 3.06. The summed E-state index contributed by atoms with van der Waals surface area (Å²) in [4.78, 5) is 4.27. The largest absolute Gasteiger partial charge is 0.498 e. The van der Waals surface area contributed by atoms with Gasteiger partial charge in [-0.05, 0) is 40.7 Å². The van der Waals surface area contributed by atoms with E-state index in [1.165, 1.54) is 0 Å². The fraction of sp³-hybridized carbons (Fsp3) is 0.500. The molecule has 0 spiro atoms. The fourth-order valence-electron chi connectivity index (χ4n) is 2.66. The normalized spacial score (nSPS) is 18.6. The van der Waals surface area contributed by atoms with Crippen LogP contribution in [0.4, 0.5) is 0 Å². The van der Waals surface area contributed by atoms with Crippen molar-refractivity contribution >= 4 is 12.6 Å². The van der Waals surface area contributed by atoms with E-state index in [4.69, 9.17) is 18.8 Å². The molecule has 1 aliphatic heterocycles. The summed E-state index contributed by atoms with van der Waals surface area (Å²) in [5.74, 6) is 0.671. The Bertz CT molecular complexity index is 741. The summed E-state index contributed by atoms with van der Waals surface area (Å²) in [6.45, 7) is 10.2. The highest BCUT2D eigenvalue weighted by atomic mass is 16.7. The second-order valence-corrected chi connectivity index (χ2v) is 7.28. The topological polar surface area (TPSA) is 54.7 Å². The molecule has 134 valence electrons. The van der Waals surface area contributed by atoms with Crippen molar-refractivity contribution in [2.75, 3.05) is 13.9 Å². The van der Waals surface area contributed by atoms with E-state index in [-0.39, 0.29) is 6.79 Å². The molecule has 0 bridgehead atoms. The summed E-state index contributed by atoms with van der Waals surface area (Å²) in [5.41, 5.74) is 1.93. The van der Waals surface area contributed by atoms with Crippen LogP contribution in [0, 0.1) is 6.92 Å². The Kier molecular flexibility index (Phi) is 4.66. The Labute approximate surface area is 149 Å². The van der Waals surface area contributed by atoms with Crippen LogP contribution in [0.25, 0.3) is 5.69 Å². The van der Waals surface area contributed by atoms with Crippen LogP contribution in [0.5, 0.6) is 5.75 Å². The second-order valence-electron chi connectivity index (χ2n) is 7.28. The molecule has 2 heterocycles. The standard InChI is InChI=1S/C18H25BN2O4/c1-13-10-21(11-20-13)14-7-8-15(16(9-14)23-12-22-6)19-24-17(2,3)18(4,5)25-19/h7-11H,12H2,1-6H3. The summed E-state index contributed by atoms with van der Waals surface area (Å²) < 4.78 is 25.1. The van der Waals surface area contributed by atoms with Crippen LogP contribution in [0.15, 0.2) is 30.7 Å². The number of imidazole rings is 1. The zero-order valence-electron chi connectivity index (χ0n) is 15.7. The molecule has 0 aliphatic carbocycles. The maximum atomic E-state index is 6.16. The monoisotopic (exact) mass is 344 g/mol. The van der Waals surface area contributed by atoms with E-state index in [9.17, 15) is 0 Å². The molecule has 1 fully saturated rings. The predicted octanol–water partition coefficient (Wildman–Crippen LogP) is 2.46. The number of benzene rings is 1. The van der Waals surface area contributed by atoms with Gasteiger partial charge >= 0.3 is 7.12 Å².